The van der Waals surface area contributed by atoms with E-state index in [1.807, 2.05) is 30.8 Å². The Hall–Kier alpha value is -1.26. The molecule has 0 radical (unpaired) electrons. The van der Waals surface area contributed by atoms with Gasteiger partial charge in [0.2, 0.25) is 0 Å². The fraction of sp³-hybridized carbons (Fsp3) is 0.364. The number of halogens is 1. The molecule has 0 aliphatic heterocycles. The van der Waals surface area contributed by atoms with Crippen LogP contribution < -0.4 is 5.32 Å². The van der Waals surface area contributed by atoms with Gasteiger partial charge in [0.05, 0.1) is 5.69 Å². The van der Waals surface area contributed by atoms with Crippen molar-refractivity contribution < 1.29 is 4.42 Å². The molecule has 0 bridgehead atoms. The molecule has 0 saturated carbocycles. The van der Waals surface area contributed by atoms with Crippen LogP contribution in [0.1, 0.15) is 24.4 Å². The highest BCUT2D eigenvalue weighted by Gasteiger charge is 2.19. The Labute approximate surface area is 99.2 Å². The third kappa shape index (κ3) is 2.13. The van der Waals surface area contributed by atoms with Crippen molar-refractivity contribution in [2.45, 2.75) is 13.0 Å². The molecule has 1 atom stereocenters. The molecule has 5 heteroatoms. The highest BCUT2D eigenvalue weighted by Crippen LogP contribution is 2.25. The van der Waals surface area contributed by atoms with Crippen LogP contribution in [0.2, 0.25) is 5.22 Å². The number of aromatic nitrogens is 2. The SMILES string of the molecule is CCNC(c1ccc(Cl)o1)c1ccnn1C. The van der Waals surface area contributed by atoms with E-state index in [1.54, 1.807) is 12.3 Å². The maximum Gasteiger partial charge on any atom is 0.193 e. The van der Waals surface area contributed by atoms with E-state index < -0.39 is 0 Å². The van der Waals surface area contributed by atoms with E-state index in [2.05, 4.69) is 10.4 Å². The van der Waals surface area contributed by atoms with Gasteiger partial charge in [-0.2, -0.15) is 5.10 Å². The zero-order chi connectivity index (χ0) is 11.5. The summed E-state index contributed by atoms with van der Waals surface area (Å²) in [5.74, 6) is 0.801. The van der Waals surface area contributed by atoms with E-state index >= 15 is 0 Å². The molecule has 0 fully saturated rings. The molecule has 1 unspecified atom stereocenters. The second kappa shape index (κ2) is 4.72. The highest BCUT2D eigenvalue weighted by atomic mass is 35.5. The van der Waals surface area contributed by atoms with Crippen molar-refractivity contribution in [3.63, 3.8) is 0 Å². The topological polar surface area (TPSA) is 43.0 Å². The fourth-order valence-electron chi connectivity index (χ4n) is 1.71. The molecule has 2 aromatic rings. The minimum Gasteiger partial charge on any atom is -0.448 e. The maximum absolute atomic E-state index is 5.79. The first-order chi connectivity index (χ1) is 7.72. The minimum absolute atomic E-state index is 0.00926. The lowest BCUT2D eigenvalue weighted by Crippen LogP contribution is -2.23. The van der Waals surface area contributed by atoms with Crippen molar-refractivity contribution in [3.05, 3.63) is 41.1 Å². The van der Waals surface area contributed by atoms with Crippen molar-refractivity contribution in [2.24, 2.45) is 7.05 Å². The Bertz CT molecular complexity index is 463. The van der Waals surface area contributed by atoms with Gasteiger partial charge in [0.1, 0.15) is 11.8 Å². The van der Waals surface area contributed by atoms with Gasteiger partial charge in [-0.05, 0) is 36.3 Å². The Morgan fingerprint density at radius 3 is 2.81 bits per heavy atom. The molecule has 0 amide bonds. The summed E-state index contributed by atoms with van der Waals surface area (Å²) in [5, 5.41) is 7.90. The van der Waals surface area contributed by atoms with Crippen LogP contribution in [0.5, 0.6) is 0 Å². The average Bonchev–Trinajstić information content (AvgIpc) is 2.84. The monoisotopic (exact) mass is 239 g/mol. The number of rotatable bonds is 4. The Morgan fingerprint density at radius 1 is 1.50 bits per heavy atom. The average molecular weight is 240 g/mol. The van der Waals surface area contributed by atoms with E-state index in [0.29, 0.717) is 5.22 Å². The van der Waals surface area contributed by atoms with Crippen LogP contribution in [0.4, 0.5) is 0 Å². The molecule has 0 aliphatic rings. The first kappa shape index (κ1) is 11.2. The standard InChI is InChI=1S/C11H14ClN3O/c1-3-13-11(8-6-7-14-15(8)2)9-4-5-10(12)16-9/h4-7,11,13H,3H2,1-2H3. The van der Waals surface area contributed by atoms with Gasteiger partial charge in [-0.3, -0.25) is 4.68 Å². The summed E-state index contributed by atoms with van der Waals surface area (Å²) in [4.78, 5) is 0. The van der Waals surface area contributed by atoms with Crippen LogP contribution in [0, 0.1) is 0 Å². The first-order valence-corrected chi connectivity index (χ1v) is 5.56. The van der Waals surface area contributed by atoms with E-state index in [9.17, 15) is 0 Å². The summed E-state index contributed by atoms with van der Waals surface area (Å²) in [6.07, 6.45) is 1.77. The lowest BCUT2D eigenvalue weighted by molar-refractivity contribution is 0.439. The molecule has 0 aliphatic carbocycles. The van der Waals surface area contributed by atoms with E-state index in [4.69, 9.17) is 16.0 Å². The molecule has 2 rings (SSSR count). The smallest absolute Gasteiger partial charge is 0.193 e. The number of nitrogens with zero attached hydrogens (tertiary/aromatic N) is 2. The molecule has 86 valence electrons. The summed E-state index contributed by atoms with van der Waals surface area (Å²) in [6.45, 7) is 2.89. The first-order valence-electron chi connectivity index (χ1n) is 5.19. The van der Waals surface area contributed by atoms with Gasteiger partial charge in [-0.15, -0.1) is 0 Å². The second-order valence-electron chi connectivity index (χ2n) is 3.51. The zero-order valence-electron chi connectivity index (χ0n) is 9.27. The lowest BCUT2D eigenvalue weighted by Gasteiger charge is -2.15. The summed E-state index contributed by atoms with van der Waals surface area (Å²) in [6, 6.07) is 5.58. The largest absolute Gasteiger partial charge is 0.448 e. The predicted molar refractivity (Wildman–Crippen MR) is 62.4 cm³/mol. The molecule has 1 N–H and O–H groups in total. The maximum atomic E-state index is 5.79. The van der Waals surface area contributed by atoms with Crippen molar-refractivity contribution in [1.82, 2.24) is 15.1 Å². The van der Waals surface area contributed by atoms with Gasteiger partial charge in [-0.1, -0.05) is 6.92 Å². The van der Waals surface area contributed by atoms with Gasteiger partial charge in [0, 0.05) is 13.2 Å². The van der Waals surface area contributed by atoms with Crippen molar-refractivity contribution >= 4 is 11.6 Å². The number of hydrogen-bond donors (Lipinski definition) is 1. The Morgan fingerprint density at radius 2 is 2.31 bits per heavy atom. The molecular weight excluding hydrogens is 226 g/mol. The van der Waals surface area contributed by atoms with Crippen LogP contribution in [0.25, 0.3) is 0 Å². The van der Waals surface area contributed by atoms with Crippen molar-refractivity contribution in [2.75, 3.05) is 6.54 Å². The van der Waals surface area contributed by atoms with Crippen LogP contribution in [0.15, 0.2) is 28.8 Å². The Kier molecular flexibility index (Phi) is 3.31. The predicted octanol–water partition coefficient (Wildman–Crippen LogP) is 2.37. The summed E-state index contributed by atoms with van der Waals surface area (Å²) >= 11 is 5.79. The summed E-state index contributed by atoms with van der Waals surface area (Å²) in [5.41, 5.74) is 1.05. The van der Waals surface area contributed by atoms with Crippen LogP contribution >= 0.6 is 11.6 Å². The van der Waals surface area contributed by atoms with Gasteiger partial charge < -0.3 is 9.73 Å². The van der Waals surface area contributed by atoms with Crippen molar-refractivity contribution in [3.8, 4) is 0 Å². The van der Waals surface area contributed by atoms with E-state index in [0.717, 1.165) is 18.0 Å². The Balaban J connectivity index is 2.34. The number of furan rings is 1. The highest BCUT2D eigenvalue weighted by molar-refractivity contribution is 6.28. The molecule has 16 heavy (non-hydrogen) atoms. The molecule has 4 nitrogen and oxygen atoms in total. The lowest BCUT2D eigenvalue weighted by atomic mass is 10.1. The molecule has 0 aromatic carbocycles. The zero-order valence-corrected chi connectivity index (χ0v) is 10.0. The normalized spacial score (nSPS) is 12.9. The van der Waals surface area contributed by atoms with Gasteiger partial charge in [0.15, 0.2) is 5.22 Å². The van der Waals surface area contributed by atoms with Crippen LogP contribution in [0.3, 0.4) is 0 Å². The van der Waals surface area contributed by atoms with E-state index in [1.165, 1.54) is 0 Å². The molecule has 2 heterocycles. The van der Waals surface area contributed by atoms with Gasteiger partial charge >= 0.3 is 0 Å². The minimum atomic E-state index is -0.00926. The molecule has 2 aromatic heterocycles. The molecular formula is C11H14ClN3O. The van der Waals surface area contributed by atoms with Crippen LogP contribution in [-0.2, 0) is 7.05 Å². The molecule has 0 saturated heterocycles. The number of hydrogen-bond acceptors (Lipinski definition) is 3. The van der Waals surface area contributed by atoms with Crippen LogP contribution in [-0.4, -0.2) is 16.3 Å². The third-order valence-corrected chi connectivity index (χ3v) is 2.64. The second-order valence-corrected chi connectivity index (χ2v) is 3.88. The van der Waals surface area contributed by atoms with E-state index in [-0.39, 0.29) is 6.04 Å². The summed E-state index contributed by atoms with van der Waals surface area (Å²) in [7, 11) is 1.91. The quantitative estimate of drug-likeness (QED) is 0.891. The van der Waals surface area contributed by atoms with Gasteiger partial charge in [-0.25, -0.2) is 0 Å². The van der Waals surface area contributed by atoms with Crippen molar-refractivity contribution in [1.29, 1.82) is 0 Å². The summed E-state index contributed by atoms with van der Waals surface area (Å²) < 4.78 is 7.26. The molecule has 0 spiro atoms. The van der Waals surface area contributed by atoms with Gasteiger partial charge in [0.25, 0.3) is 0 Å². The fourth-order valence-corrected chi connectivity index (χ4v) is 1.86. The number of nitrogens with one attached hydrogen (secondary N) is 1. The third-order valence-electron chi connectivity index (χ3n) is 2.44. The number of aryl methyl sites for hydroxylation is 1.